The van der Waals surface area contributed by atoms with Crippen LogP contribution in [0.25, 0.3) is 0 Å². The van der Waals surface area contributed by atoms with Gasteiger partial charge in [-0.1, -0.05) is 20.8 Å². The molecule has 1 aliphatic heterocycles. The summed E-state index contributed by atoms with van der Waals surface area (Å²) in [6.07, 6.45) is 3.43. The standard InChI is InChI=1S/C13H25NO2/c1-13(2,3)9-11(12(15)16-4)10-14-7-5-6-8-14/h11H,5-10H2,1-4H3. The molecule has 3 nitrogen and oxygen atoms in total. The van der Waals surface area contributed by atoms with Crippen LogP contribution in [0.4, 0.5) is 0 Å². The molecule has 0 N–H and O–H groups in total. The number of rotatable bonds is 4. The number of carbonyl (C=O) groups is 1. The van der Waals surface area contributed by atoms with Gasteiger partial charge in [0.2, 0.25) is 0 Å². The third-order valence-corrected chi connectivity index (χ3v) is 3.07. The Hall–Kier alpha value is -0.570. The molecule has 0 radical (unpaired) electrons. The van der Waals surface area contributed by atoms with Crippen LogP contribution in [0.15, 0.2) is 0 Å². The molecule has 1 atom stereocenters. The van der Waals surface area contributed by atoms with Crippen molar-refractivity contribution in [3.8, 4) is 0 Å². The van der Waals surface area contributed by atoms with Gasteiger partial charge in [-0.25, -0.2) is 0 Å². The van der Waals surface area contributed by atoms with Crippen molar-refractivity contribution in [1.82, 2.24) is 4.90 Å². The molecule has 3 heteroatoms. The van der Waals surface area contributed by atoms with Crippen molar-refractivity contribution >= 4 is 5.97 Å². The highest BCUT2D eigenvalue weighted by Crippen LogP contribution is 2.26. The monoisotopic (exact) mass is 227 g/mol. The Morgan fingerprint density at radius 2 is 1.88 bits per heavy atom. The third kappa shape index (κ3) is 4.52. The third-order valence-electron chi connectivity index (χ3n) is 3.07. The van der Waals surface area contributed by atoms with Gasteiger partial charge in [0, 0.05) is 6.54 Å². The molecule has 0 aliphatic carbocycles. The number of hydrogen-bond donors (Lipinski definition) is 0. The van der Waals surface area contributed by atoms with Gasteiger partial charge in [0.25, 0.3) is 0 Å². The summed E-state index contributed by atoms with van der Waals surface area (Å²) in [6, 6.07) is 0. The van der Waals surface area contributed by atoms with Crippen LogP contribution in [-0.2, 0) is 9.53 Å². The van der Waals surface area contributed by atoms with Gasteiger partial charge in [-0.2, -0.15) is 0 Å². The average Bonchev–Trinajstić information content (AvgIpc) is 2.66. The summed E-state index contributed by atoms with van der Waals surface area (Å²) in [6.45, 7) is 9.66. The fourth-order valence-corrected chi connectivity index (χ4v) is 2.41. The Morgan fingerprint density at radius 1 is 1.31 bits per heavy atom. The molecule has 0 saturated carbocycles. The summed E-state index contributed by atoms with van der Waals surface area (Å²) in [4.78, 5) is 14.1. The molecule has 1 heterocycles. The summed E-state index contributed by atoms with van der Waals surface area (Å²) in [5.74, 6) is -0.0232. The van der Waals surface area contributed by atoms with Crippen LogP contribution in [0.2, 0.25) is 0 Å². The smallest absolute Gasteiger partial charge is 0.309 e. The molecular formula is C13H25NO2. The number of methoxy groups -OCH3 is 1. The zero-order chi connectivity index (χ0) is 12.2. The zero-order valence-corrected chi connectivity index (χ0v) is 11.1. The van der Waals surface area contributed by atoms with E-state index in [0.717, 1.165) is 26.1 Å². The van der Waals surface area contributed by atoms with E-state index >= 15 is 0 Å². The minimum absolute atomic E-state index is 0.0306. The fourth-order valence-electron chi connectivity index (χ4n) is 2.41. The van der Waals surface area contributed by atoms with Crippen molar-refractivity contribution in [2.24, 2.45) is 11.3 Å². The van der Waals surface area contributed by atoms with Gasteiger partial charge in [0.1, 0.15) is 0 Å². The number of carbonyl (C=O) groups excluding carboxylic acids is 1. The lowest BCUT2D eigenvalue weighted by molar-refractivity contribution is -0.147. The summed E-state index contributed by atoms with van der Waals surface area (Å²) in [5.41, 5.74) is 0.179. The van der Waals surface area contributed by atoms with E-state index < -0.39 is 0 Å². The lowest BCUT2D eigenvalue weighted by atomic mass is 9.84. The molecule has 0 aromatic rings. The molecule has 1 saturated heterocycles. The molecule has 0 amide bonds. The predicted octanol–water partition coefficient (Wildman–Crippen LogP) is 2.31. The highest BCUT2D eigenvalue weighted by atomic mass is 16.5. The topological polar surface area (TPSA) is 29.5 Å². The first-order chi connectivity index (χ1) is 7.42. The van der Waals surface area contributed by atoms with Gasteiger partial charge in [0.15, 0.2) is 0 Å². The lowest BCUT2D eigenvalue weighted by Gasteiger charge is -2.27. The molecule has 1 fully saturated rings. The molecular weight excluding hydrogens is 202 g/mol. The van der Waals surface area contributed by atoms with E-state index in [9.17, 15) is 4.79 Å². The van der Waals surface area contributed by atoms with Crippen LogP contribution >= 0.6 is 0 Å². The van der Waals surface area contributed by atoms with Crippen molar-refractivity contribution in [3.05, 3.63) is 0 Å². The van der Waals surface area contributed by atoms with Gasteiger partial charge in [-0.3, -0.25) is 4.79 Å². The second-order valence-electron chi connectivity index (χ2n) is 5.99. The molecule has 0 aromatic heterocycles. The summed E-state index contributed by atoms with van der Waals surface area (Å²) >= 11 is 0. The molecule has 1 aliphatic rings. The second kappa shape index (κ2) is 5.67. The van der Waals surface area contributed by atoms with Crippen molar-refractivity contribution in [2.75, 3.05) is 26.7 Å². The Morgan fingerprint density at radius 3 is 2.31 bits per heavy atom. The van der Waals surface area contributed by atoms with E-state index in [2.05, 4.69) is 25.7 Å². The molecule has 94 valence electrons. The van der Waals surface area contributed by atoms with Crippen molar-refractivity contribution in [3.63, 3.8) is 0 Å². The molecule has 0 aromatic carbocycles. The Bertz CT molecular complexity index is 227. The van der Waals surface area contributed by atoms with Crippen LogP contribution in [0.3, 0.4) is 0 Å². The molecule has 0 spiro atoms. The predicted molar refractivity (Wildman–Crippen MR) is 65.3 cm³/mol. The maximum atomic E-state index is 11.7. The highest BCUT2D eigenvalue weighted by molar-refractivity contribution is 5.72. The molecule has 0 bridgehead atoms. The number of hydrogen-bond acceptors (Lipinski definition) is 3. The van der Waals surface area contributed by atoms with E-state index in [0.29, 0.717) is 0 Å². The zero-order valence-electron chi connectivity index (χ0n) is 11.1. The van der Waals surface area contributed by atoms with Gasteiger partial charge in [-0.15, -0.1) is 0 Å². The molecule has 1 unspecified atom stereocenters. The largest absolute Gasteiger partial charge is 0.469 e. The minimum Gasteiger partial charge on any atom is -0.469 e. The van der Waals surface area contributed by atoms with E-state index in [1.165, 1.54) is 20.0 Å². The normalized spacial score (nSPS) is 19.8. The SMILES string of the molecule is COC(=O)C(CN1CCCC1)CC(C)(C)C. The van der Waals surface area contributed by atoms with Gasteiger partial charge >= 0.3 is 5.97 Å². The van der Waals surface area contributed by atoms with E-state index in [1.54, 1.807) is 0 Å². The summed E-state index contributed by atoms with van der Waals surface area (Å²) in [5, 5.41) is 0. The first-order valence-corrected chi connectivity index (χ1v) is 6.22. The fraction of sp³-hybridized carbons (Fsp3) is 0.923. The van der Waals surface area contributed by atoms with Crippen LogP contribution < -0.4 is 0 Å². The van der Waals surface area contributed by atoms with E-state index in [1.807, 2.05) is 0 Å². The number of ether oxygens (including phenoxy) is 1. The molecule has 1 rings (SSSR count). The first-order valence-electron chi connectivity index (χ1n) is 6.22. The quantitative estimate of drug-likeness (QED) is 0.690. The Kier molecular flexibility index (Phi) is 4.78. The lowest BCUT2D eigenvalue weighted by Crippen LogP contribution is -2.34. The van der Waals surface area contributed by atoms with Gasteiger partial charge in [-0.05, 0) is 37.8 Å². The van der Waals surface area contributed by atoms with Crippen molar-refractivity contribution in [1.29, 1.82) is 0 Å². The van der Waals surface area contributed by atoms with Crippen molar-refractivity contribution < 1.29 is 9.53 Å². The maximum Gasteiger partial charge on any atom is 0.309 e. The van der Waals surface area contributed by atoms with E-state index in [4.69, 9.17) is 4.74 Å². The van der Waals surface area contributed by atoms with Crippen molar-refractivity contribution in [2.45, 2.75) is 40.0 Å². The maximum absolute atomic E-state index is 11.7. The van der Waals surface area contributed by atoms with Crippen LogP contribution in [0.5, 0.6) is 0 Å². The first kappa shape index (κ1) is 13.5. The summed E-state index contributed by atoms with van der Waals surface area (Å²) in [7, 11) is 1.49. The van der Waals surface area contributed by atoms with Crippen LogP contribution in [0, 0.1) is 11.3 Å². The minimum atomic E-state index is -0.0539. The van der Waals surface area contributed by atoms with Crippen LogP contribution in [-0.4, -0.2) is 37.6 Å². The number of likely N-dealkylation sites (tertiary alicyclic amines) is 1. The Balaban J connectivity index is 2.52. The van der Waals surface area contributed by atoms with E-state index in [-0.39, 0.29) is 17.3 Å². The average molecular weight is 227 g/mol. The van der Waals surface area contributed by atoms with Crippen LogP contribution in [0.1, 0.15) is 40.0 Å². The van der Waals surface area contributed by atoms with Gasteiger partial charge in [0.05, 0.1) is 13.0 Å². The number of nitrogens with zero attached hydrogens (tertiary/aromatic N) is 1. The van der Waals surface area contributed by atoms with Gasteiger partial charge < -0.3 is 9.64 Å². The summed E-state index contributed by atoms with van der Waals surface area (Å²) < 4.78 is 4.90. The highest BCUT2D eigenvalue weighted by Gasteiger charge is 2.28. The second-order valence-corrected chi connectivity index (χ2v) is 5.99. The number of esters is 1. The Labute approximate surface area is 99.1 Å². The molecule has 16 heavy (non-hydrogen) atoms.